The minimum absolute atomic E-state index is 0.408. The predicted molar refractivity (Wildman–Crippen MR) is 120 cm³/mol. The van der Waals surface area contributed by atoms with E-state index in [-0.39, 0.29) is 0 Å². The maximum Gasteiger partial charge on any atom is 0.248 e. The van der Waals surface area contributed by atoms with Crippen molar-refractivity contribution in [2.24, 2.45) is 5.73 Å². The highest BCUT2D eigenvalue weighted by Gasteiger charge is 2.10. The average molecular weight is 411 g/mol. The number of hydrogen-bond donors (Lipinski definition) is 3. The topological polar surface area (TPSA) is 114 Å². The molecule has 0 spiro atoms. The molecule has 8 heteroatoms. The van der Waals surface area contributed by atoms with Crippen molar-refractivity contribution in [2.45, 2.75) is 12.8 Å². The summed E-state index contributed by atoms with van der Waals surface area (Å²) in [5.41, 5.74) is 10.6. The second kappa shape index (κ2) is 7.91. The van der Waals surface area contributed by atoms with Gasteiger partial charge in [-0.2, -0.15) is 5.10 Å². The molecule has 0 fully saturated rings. The number of nitrogens with zero attached hydrogens (tertiary/aromatic N) is 4. The number of amides is 1. The third-order valence-corrected chi connectivity index (χ3v) is 5.28. The number of benzene rings is 2. The third-order valence-electron chi connectivity index (χ3n) is 5.28. The maximum absolute atomic E-state index is 11.2. The summed E-state index contributed by atoms with van der Waals surface area (Å²) < 4.78 is 1.98. The molecule has 0 bridgehead atoms. The van der Waals surface area contributed by atoms with Gasteiger partial charge in [-0.15, -0.1) is 0 Å². The van der Waals surface area contributed by atoms with E-state index in [4.69, 9.17) is 10.7 Å². The summed E-state index contributed by atoms with van der Waals surface area (Å²) in [4.78, 5) is 20.5. The Morgan fingerprint density at radius 1 is 1.16 bits per heavy atom. The molecule has 31 heavy (non-hydrogen) atoms. The van der Waals surface area contributed by atoms with Gasteiger partial charge in [0.15, 0.2) is 11.5 Å². The first kappa shape index (κ1) is 18.8. The Hall–Kier alpha value is -4.20. The van der Waals surface area contributed by atoms with Crippen molar-refractivity contribution >= 4 is 28.3 Å². The average Bonchev–Trinajstić information content (AvgIpc) is 3.45. The molecule has 5 aromatic rings. The quantitative estimate of drug-likeness (QED) is 0.355. The number of aromatic amines is 1. The highest BCUT2D eigenvalue weighted by atomic mass is 16.1. The Morgan fingerprint density at radius 3 is 2.87 bits per heavy atom. The summed E-state index contributed by atoms with van der Waals surface area (Å²) in [5, 5.41) is 11.6. The molecular weight excluding hydrogens is 390 g/mol. The fourth-order valence-electron chi connectivity index (χ4n) is 3.62. The number of carbonyl (C=O) groups excluding carboxylic acids is 1. The van der Waals surface area contributed by atoms with Gasteiger partial charge in [0.2, 0.25) is 5.91 Å². The predicted octanol–water partition coefficient (Wildman–Crippen LogP) is 3.42. The first-order valence-corrected chi connectivity index (χ1v) is 10.1. The SMILES string of the molecule is NC(=O)c1ccc(CCCNc2nc(-c3ccc4cn[nH]c4c3)cn3ccnc23)cc1. The van der Waals surface area contributed by atoms with Crippen LogP contribution in [0.3, 0.4) is 0 Å². The number of aryl methyl sites for hydroxylation is 1. The summed E-state index contributed by atoms with van der Waals surface area (Å²) in [6.07, 6.45) is 9.26. The van der Waals surface area contributed by atoms with E-state index in [0.29, 0.717) is 5.56 Å². The Balaban J connectivity index is 1.32. The van der Waals surface area contributed by atoms with Gasteiger partial charge in [-0.25, -0.2) is 9.97 Å². The van der Waals surface area contributed by atoms with Crippen LogP contribution < -0.4 is 11.1 Å². The molecule has 0 atom stereocenters. The van der Waals surface area contributed by atoms with Crippen LogP contribution in [-0.2, 0) is 6.42 Å². The van der Waals surface area contributed by atoms with Gasteiger partial charge in [0, 0.05) is 41.6 Å². The second-order valence-electron chi connectivity index (χ2n) is 7.40. The molecule has 3 heterocycles. The Bertz CT molecular complexity index is 1370. The zero-order valence-corrected chi connectivity index (χ0v) is 16.7. The lowest BCUT2D eigenvalue weighted by Crippen LogP contribution is -2.10. The van der Waals surface area contributed by atoms with Crippen LogP contribution in [0.5, 0.6) is 0 Å². The van der Waals surface area contributed by atoms with Crippen molar-refractivity contribution in [1.29, 1.82) is 0 Å². The van der Waals surface area contributed by atoms with Crippen molar-refractivity contribution in [2.75, 3.05) is 11.9 Å². The fraction of sp³-hybridized carbons (Fsp3) is 0.130. The molecule has 3 aromatic heterocycles. The Morgan fingerprint density at radius 2 is 2.03 bits per heavy atom. The monoisotopic (exact) mass is 411 g/mol. The largest absolute Gasteiger partial charge is 0.367 e. The molecule has 0 unspecified atom stereocenters. The zero-order valence-electron chi connectivity index (χ0n) is 16.7. The number of nitrogens with one attached hydrogen (secondary N) is 2. The first-order chi connectivity index (χ1) is 15.2. The molecule has 4 N–H and O–H groups in total. The molecule has 8 nitrogen and oxygen atoms in total. The Labute approximate surface area is 178 Å². The highest BCUT2D eigenvalue weighted by molar-refractivity contribution is 5.92. The van der Waals surface area contributed by atoms with Gasteiger partial charge >= 0.3 is 0 Å². The maximum atomic E-state index is 11.2. The van der Waals surface area contributed by atoms with Crippen LogP contribution in [0.25, 0.3) is 27.8 Å². The van der Waals surface area contributed by atoms with E-state index < -0.39 is 5.91 Å². The Kier molecular flexibility index (Phi) is 4.80. The number of nitrogens with two attached hydrogens (primary N) is 1. The van der Waals surface area contributed by atoms with Crippen molar-refractivity contribution in [1.82, 2.24) is 24.6 Å². The van der Waals surface area contributed by atoms with Crippen LogP contribution in [-0.4, -0.2) is 37.0 Å². The van der Waals surface area contributed by atoms with Gasteiger partial charge in [0.05, 0.1) is 17.4 Å². The van der Waals surface area contributed by atoms with Gasteiger partial charge in [0.25, 0.3) is 0 Å². The van der Waals surface area contributed by atoms with Crippen LogP contribution in [0.15, 0.2) is 67.3 Å². The normalized spacial score (nSPS) is 11.2. The van der Waals surface area contributed by atoms with Crippen LogP contribution in [0, 0.1) is 0 Å². The summed E-state index contributed by atoms with van der Waals surface area (Å²) >= 11 is 0. The van der Waals surface area contributed by atoms with Gasteiger partial charge in [-0.3, -0.25) is 9.89 Å². The first-order valence-electron chi connectivity index (χ1n) is 10.1. The number of imidazole rings is 1. The fourth-order valence-corrected chi connectivity index (χ4v) is 3.62. The summed E-state index contributed by atoms with van der Waals surface area (Å²) in [6, 6.07) is 13.5. The number of fused-ring (bicyclic) bond motifs is 2. The molecule has 0 aliphatic carbocycles. The van der Waals surface area contributed by atoms with E-state index in [9.17, 15) is 4.79 Å². The molecular formula is C23H21N7O. The van der Waals surface area contributed by atoms with Gasteiger partial charge in [-0.05, 0) is 36.6 Å². The second-order valence-corrected chi connectivity index (χ2v) is 7.40. The minimum atomic E-state index is -0.408. The molecule has 0 saturated carbocycles. The third kappa shape index (κ3) is 3.83. The lowest BCUT2D eigenvalue weighted by Gasteiger charge is -2.10. The molecule has 154 valence electrons. The molecule has 1 amide bonds. The lowest BCUT2D eigenvalue weighted by molar-refractivity contribution is 0.100. The number of carbonyl (C=O) groups is 1. The van der Waals surface area contributed by atoms with Gasteiger partial charge in [-0.1, -0.05) is 24.3 Å². The summed E-state index contributed by atoms with van der Waals surface area (Å²) in [5.74, 6) is 0.339. The smallest absolute Gasteiger partial charge is 0.248 e. The van der Waals surface area contributed by atoms with E-state index in [1.807, 2.05) is 47.1 Å². The van der Waals surface area contributed by atoms with Crippen LogP contribution >= 0.6 is 0 Å². The van der Waals surface area contributed by atoms with Crippen LogP contribution in [0.4, 0.5) is 5.82 Å². The molecule has 2 aromatic carbocycles. The van der Waals surface area contributed by atoms with Crippen molar-refractivity contribution in [3.63, 3.8) is 0 Å². The number of rotatable bonds is 7. The van der Waals surface area contributed by atoms with Crippen LogP contribution in [0.1, 0.15) is 22.3 Å². The van der Waals surface area contributed by atoms with E-state index in [1.54, 1.807) is 24.5 Å². The summed E-state index contributed by atoms with van der Waals surface area (Å²) in [6.45, 7) is 0.746. The van der Waals surface area contributed by atoms with E-state index in [2.05, 4.69) is 20.5 Å². The highest BCUT2D eigenvalue weighted by Crippen LogP contribution is 2.25. The molecule has 0 radical (unpaired) electrons. The number of primary amides is 1. The van der Waals surface area contributed by atoms with Gasteiger partial charge in [0.1, 0.15) is 0 Å². The van der Waals surface area contributed by atoms with E-state index in [0.717, 1.165) is 58.6 Å². The zero-order chi connectivity index (χ0) is 21.2. The van der Waals surface area contributed by atoms with Gasteiger partial charge < -0.3 is 15.5 Å². The van der Waals surface area contributed by atoms with Crippen molar-refractivity contribution < 1.29 is 4.79 Å². The molecule has 0 aliphatic heterocycles. The van der Waals surface area contributed by atoms with E-state index >= 15 is 0 Å². The van der Waals surface area contributed by atoms with E-state index in [1.165, 1.54) is 0 Å². The summed E-state index contributed by atoms with van der Waals surface area (Å²) in [7, 11) is 0. The minimum Gasteiger partial charge on any atom is -0.367 e. The number of H-pyrrole nitrogens is 1. The lowest BCUT2D eigenvalue weighted by atomic mass is 10.1. The molecule has 5 rings (SSSR count). The van der Waals surface area contributed by atoms with Crippen molar-refractivity contribution in [3.05, 3.63) is 78.4 Å². The van der Waals surface area contributed by atoms with Crippen molar-refractivity contribution in [3.8, 4) is 11.3 Å². The number of anilines is 1. The standard InChI is InChI=1S/C23H21N7O/c24-21(31)16-5-3-15(4-6-16)2-1-9-25-22-23-26-10-11-30(23)14-20(28-22)17-7-8-18-13-27-29-19(18)12-17/h3-8,10-14H,1-2,9H2,(H2,24,31)(H,25,28)(H,27,29). The molecule has 0 aliphatic rings. The number of hydrogen-bond acceptors (Lipinski definition) is 5. The molecule has 0 saturated heterocycles. The van der Waals surface area contributed by atoms with Crippen LogP contribution in [0.2, 0.25) is 0 Å². The number of aromatic nitrogens is 5.